The highest BCUT2D eigenvalue weighted by atomic mass is 16.5. The predicted octanol–water partition coefficient (Wildman–Crippen LogP) is 1.25. The quantitative estimate of drug-likeness (QED) is 0.875. The summed E-state index contributed by atoms with van der Waals surface area (Å²) in [5.41, 5.74) is 1.78. The van der Waals surface area contributed by atoms with Gasteiger partial charge in [0, 0.05) is 31.2 Å². The van der Waals surface area contributed by atoms with E-state index < -0.39 is 0 Å². The van der Waals surface area contributed by atoms with Crippen LogP contribution in [0, 0.1) is 0 Å². The molecule has 1 aliphatic rings. The van der Waals surface area contributed by atoms with Crippen molar-refractivity contribution in [2.45, 2.75) is 39.7 Å². The van der Waals surface area contributed by atoms with Crippen molar-refractivity contribution in [1.82, 2.24) is 14.9 Å². The fourth-order valence-corrected chi connectivity index (χ4v) is 2.12. The first-order valence-electron chi connectivity index (χ1n) is 6.53. The van der Waals surface area contributed by atoms with E-state index in [0.717, 1.165) is 30.0 Å². The van der Waals surface area contributed by atoms with E-state index >= 15 is 0 Å². The molecular formula is C13H21N3O2. The third kappa shape index (κ3) is 2.79. The fraction of sp³-hybridized carbons (Fsp3) is 0.692. The van der Waals surface area contributed by atoms with Crippen LogP contribution in [-0.4, -0.2) is 34.8 Å². The predicted molar refractivity (Wildman–Crippen MR) is 69.6 cm³/mol. The minimum atomic E-state index is 0.0276. The molecule has 18 heavy (non-hydrogen) atoms. The minimum absolute atomic E-state index is 0.0276. The monoisotopic (exact) mass is 251 g/mol. The van der Waals surface area contributed by atoms with Crippen molar-refractivity contribution in [3.05, 3.63) is 27.4 Å². The molecule has 2 heterocycles. The average molecular weight is 251 g/mol. The number of ether oxygens (including phenoxy) is 1. The van der Waals surface area contributed by atoms with Crippen LogP contribution in [0.1, 0.15) is 43.8 Å². The maximum atomic E-state index is 12.0. The number of nitrogens with one attached hydrogen (secondary N) is 1. The van der Waals surface area contributed by atoms with Gasteiger partial charge in [0.2, 0.25) is 0 Å². The van der Waals surface area contributed by atoms with Crippen molar-refractivity contribution >= 4 is 0 Å². The molecule has 0 amide bonds. The maximum Gasteiger partial charge on any atom is 0.254 e. The number of fused-ring (bicyclic) bond motifs is 1. The number of H-pyrrole nitrogens is 1. The van der Waals surface area contributed by atoms with Crippen molar-refractivity contribution in [3.8, 4) is 0 Å². The highest BCUT2D eigenvalue weighted by Gasteiger charge is 2.21. The zero-order valence-corrected chi connectivity index (χ0v) is 11.3. The Morgan fingerprint density at radius 1 is 1.50 bits per heavy atom. The molecule has 100 valence electrons. The Bertz CT molecular complexity index is 468. The molecular weight excluding hydrogens is 230 g/mol. The van der Waals surface area contributed by atoms with Gasteiger partial charge >= 0.3 is 0 Å². The number of aromatic amines is 1. The van der Waals surface area contributed by atoms with Gasteiger partial charge in [-0.15, -0.1) is 0 Å². The Kier molecular flexibility index (Phi) is 4.14. The molecule has 0 spiro atoms. The SMILES string of the molecule is CCOCN1CCc2c(nc(C(C)C)[nH]c2=O)C1. The van der Waals surface area contributed by atoms with E-state index in [-0.39, 0.29) is 11.5 Å². The van der Waals surface area contributed by atoms with E-state index in [1.165, 1.54) is 0 Å². The maximum absolute atomic E-state index is 12.0. The summed E-state index contributed by atoms with van der Waals surface area (Å²) >= 11 is 0. The Morgan fingerprint density at radius 3 is 2.94 bits per heavy atom. The summed E-state index contributed by atoms with van der Waals surface area (Å²) in [5.74, 6) is 1.02. The van der Waals surface area contributed by atoms with Crippen LogP contribution in [0.4, 0.5) is 0 Å². The molecule has 5 nitrogen and oxygen atoms in total. The summed E-state index contributed by atoms with van der Waals surface area (Å²) in [6.07, 6.45) is 0.753. The number of hydrogen-bond acceptors (Lipinski definition) is 4. The smallest absolute Gasteiger partial charge is 0.254 e. The fourth-order valence-electron chi connectivity index (χ4n) is 2.12. The van der Waals surface area contributed by atoms with Crippen molar-refractivity contribution < 1.29 is 4.74 Å². The molecule has 0 unspecified atom stereocenters. The van der Waals surface area contributed by atoms with Gasteiger partial charge in [0.05, 0.1) is 12.4 Å². The average Bonchev–Trinajstić information content (AvgIpc) is 2.35. The number of nitrogens with zero attached hydrogens (tertiary/aromatic N) is 2. The number of aromatic nitrogens is 2. The third-order valence-electron chi connectivity index (χ3n) is 3.20. The van der Waals surface area contributed by atoms with Gasteiger partial charge in [-0.05, 0) is 13.3 Å². The Morgan fingerprint density at radius 2 is 2.28 bits per heavy atom. The third-order valence-corrected chi connectivity index (χ3v) is 3.20. The first kappa shape index (κ1) is 13.2. The molecule has 0 radical (unpaired) electrons. The zero-order valence-electron chi connectivity index (χ0n) is 11.3. The molecule has 0 aromatic carbocycles. The van der Waals surface area contributed by atoms with Gasteiger partial charge in [-0.2, -0.15) is 0 Å². The number of rotatable bonds is 4. The molecule has 0 bridgehead atoms. The molecule has 1 aromatic rings. The van der Waals surface area contributed by atoms with Gasteiger partial charge in [-0.3, -0.25) is 9.69 Å². The molecule has 0 aliphatic carbocycles. The van der Waals surface area contributed by atoms with Crippen LogP contribution >= 0.6 is 0 Å². The van der Waals surface area contributed by atoms with Crippen molar-refractivity contribution in [1.29, 1.82) is 0 Å². The lowest BCUT2D eigenvalue weighted by atomic mass is 10.1. The van der Waals surface area contributed by atoms with Crippen molar-refractivity contribution in [2.75, 3.05) is 19.9 Å². The molecule has 1 N–H and O–H groups in total. The van der Waals surface area contributed by atoms with Gasteiger partial charge in [0.15, 0.2) is 0 Å². The second kappa shape index (κ2) is 5.63. The first-order chi connectivity index (χ1) is 8.61. The molecule has 5 heteroatoms. The standard InChI is InChI=1S/C13H21N3O2/c1-4-18-8-16-6-5-10-11(7-16)14-12(9(2)3)15-13(10)17/h9H,4-8H2,1-3H3,(H,14,15,17). The van der Waals surface area contributed by atoms with Gasteiger partial charge in [-0.25, -0.2) is 4.98 Å². The van der Waals surface area contributed by atoms with Gasteiger partial charge in [0.1, 0.15) is 5.82 Å². The lowest BCUT2D eigenvalue weighted by Gasteiger charge is -2.27. The molecule has 1 aliphatic heterocycles. The second-order valence-electron chi connectivity index (χ2n) is 4.96. The first-order valence-corrected chi connectivity index (χ1v) is 6.53. The van der Waals surface area contributed by atoms with Crippen LogP contribution in [0.5, 0.6) is 0 Å². The summed E-state index contributed by atoms with van der Waals surface area (Å²) in [6, 6.07) is 0. The second-order valence-corrected chi connectivity index (χ2v) is 4.96. The topological polar surface area (TPSA) is 58.2 Å². The number of hydrogen-bond donors (Lipinski definition) is 1. The zero-order chi connectivity index (χ0) is 13.1. The normalized spacial score (nSPS) is 16.0. The van der Waals surface area contributed by atoms with Crippen LogP contribution in [0.25, 0.3) is 0 Å². The molecule has 2 rings (SSSR count). The largest absolute Gasteiger partial charge is 0.366 e. The summed E-state index contributed by atoms with van der Waals surface area (Å²) < 4.78 is 5.41. The lowest BCUT2D eigenvalue weighted by molar-refractivity contribution is 0.0268. The van der Waals surface area contributed by atoms with Crippen molar-refractivity contribution in [3.63, 3.8) is 0 Å². The van der Waals surface area contributed by atoms with Crippen LogP contribution in [0.15, 0.2) is 4.79 Å². The summed E-state index contributed by atoms with van der Waals surface area (Å²) in [7, 11) is 0. The Labute approximate surface area is 107 Å². The van der Waals surface area contributed by atoms with Crippen LogP contribution in [0.2, 0.25) is 0 Å². The van der Waals surface area contributed by atoms with Gasteiger partial charge in [0.25, 0.3) is 5.56 Å². The van der Waals surface area contributed by atoms with Gasteiger partial charge < -0.3 is 9.72 Å². The molecule has 0 saturated carbocycles. The van der Waals surface area contributed by atoms with E-state index in [1.54, 1.807) is 0 Å². The Balaban J connectivity index is 2.22. The summed E-state index contributed by atoms with van der Waals surface area (Å²) in [4.78, 5) is 21.6. The summed E-state index contributed by atoms with van der Waals surface area (Å²) in [5, 5.41) is 0. The van der Waals surface area contributed by atoms with Crippen LogP contribution < -0.4 is 5.56 Å². The van der Waals surface area contributed by atoms with E-state index in [4.69, 9.17) is 4.74 Å². The lowest BCUT2D eigenvalue weighted by Crippen LogP contribution is -2.37. The molecule has 0 saturated heterocycles. The Hall–Kier alpha value is -1.20. The van der Waals surface area contributed by atoms with E-state index in [9.17, 15) is 4.79 Å². The molecule has 0 fully saturated rings. The van der Waals surface area contributed by atoms with Crippen molar-refractivity contribution in [2.24, 2.45) is 0 Å². The summed E-state index contributed by atoms with van der Waals surface area (Å²) in [6.45, 7) is 8.94. The highest BCUT2D eigenvalue weighted by molar-refractivity contribution is 5.21. The molecule has 1 aromatic heterocycles. The molecule has 0 atom stereocenters. The van der Waals surface area contributed by atoms with E-state index in [2.05, 4.69) is 14.9 Å². The van der Waals surface area contributed by atoms with Crippen LogP contribution in [-0.2, 0) is 17.7 Å². The minimum Gasteiger partial charge on any atom is -0.366 e. The van der Waals surface area contributed by atoms with E-state index in [0.29, 0.717) is 19.9 Å². The van der Waals surface area contributed by atoms with E-state index in [1.807, 2.05) is 20.8 Å². The van der Waals surface area contributed by atoms with Crippen LogP contribution in [0.3, 0.4) is 0 Å². The highest BCUT2D eigenvalue weighted by Crippen LogP contribution is 2.16. The van der Waals surface area contributed by atoms with Gasteiger partial charge in [-0.1, -0.05) is 13.8 Å².